The Morgan fingerprint density at radius 3 is 2.45 bits per heavy atom. The molecule has 1 aromatic heterocycles. The van der Waals surface area contributed by atoms with E-state index in [9.17, 15) is 13.2 Å². The predicted molar refractivity (Wildman–Crippen MR) is 126 cm³/mol. The summed E-state index contributed by atoms with van der Waals surface area (Å²) in [5.41, 5.74) is 2.60. The van der Waals surface area contributed by atoms with Gasteiger partial charge in [-0.1, -0.05) is 37.7 Å². The van der Waals surface area contributed by atoms with Crippen molar-refractivity contribution in [3.63, 3.8) is 0 Å². The van der Waals surface area contributed by atoms with Crippen molar-refractivity contribution in [1.82, 2.24) is 8.87 Å². The fourth-order valence-corrected chi connectivity index (χ4v) is 5.67. The number of sulfonamides is 1. The summed E-state index contributed by atoms with van der Waals surface area (Å²) in [6.45, 7) is 7.40. The zero-order valence-electron chi connectivity index (χ0n) is 18.5. The van der Waals surface area contributed by atoms with Gasteiger partial charge in [0.1, 0.15) is 0 Å². The fraction of sp³-hybridized carbons (Fsp3) is 0.391. The number of rotatable bonds is 8. The second-order valence-corrected chi connectivity index (χ2v) is 10.7. The summed E-state index contributed by atoms with van der Waals surface area (Å²) in [4.78, 5) is 18.0. The molecule has 0 atom stereocenters. The highest BCUT2D eigenvalue weighted by Gasteiger charge is 2.20. The van der Waals surface area contributed by atoms with Crippen LogP contribution in [0.1, 0.15) is 49.0 Å². The highest BCUT2D eigenvalue weighted by atomic mass is 32.2. The van der Waals surface area contributed by atoms with Crippen LogP contribution in [-0.4, -0.2) is 36.8 Å². The fourth-order valence-electron chi connectivity index (χ4n) is 3.31. The first-order valence-electron chi connectivity index (χ1n) is 10.5. The highest BCUT2D eigenvalue weighted by Crippen LogP contribution is 2.20. The van der Waals surface area contributed by atoms with Crippen molar-refractivity contribution >= 4 is 37.5 Å². The smallest absolute Gasteiger partial charge is 0.279 e. The average Bonchev–Trinajstić information content (AvgIpc) is 3.08. The number of carbonyl (C=O) groups is 1. The molecule has 8 heteroatoms. The molecule has 0 aliphatic heterocycles. The molecule has 1 heterocycles. The molecule has 0 spiro atoms. The van der Waals surface area contributed by atoms with Gasteiger partial charge in [-0.25, -0.2) is 12.7 Å². The average molecular weight is 460 g/mol. The van der Waals surface area contributed by atoms with Crippen LogP contribution in [0.5, 0.6) is 0 Å². The molecule has 0 aliphatic rings. The number of unbranched alkanes of at least 4 members (excludes halogenated alkanes) is 1. The zero-order valence-corrected chi connectivity index (χ0v) is 20.1. The van der Waals surface area contributed by atoms with E-state index in [0.717, 1.165) is 41.6 Å². The summed E-state index contributed by atoms with van der Waals surface area (Å²) in [6, 6.07) is 12.3. The topological polar surface area (TPSA) is 71.7 Å². The molecule has 3 aromatic rings. The second kappa shape index (κ2) is 9.89. The van der Waals surface area contributed by atoms with E-state index in [4.69, 9.17) is 0 Å². The molecular weight excluding hydrogens is 430 g/mol. The number of hydrogen-bond donors (Lipinski definition) is 0. The number of benzene rings is 2. The molecule has 6 nitrogen and oxygen atoms in total. The summed E-state index contributed by atoms with van der Waals surface area (Å²) >= 11 is 1.49. The normalized spacial score (nSPS) is 12.7. The van der Waals surface area contributed by atoms with Gasteiger partial charge in [0.2, 0.25) is 10.0 Å². The molecular formula is C23H29N3O3S2. The summed E-state index contributed by atoms with van der Waals surface area (Å²) in [6.07, 6.45) is 2.65. The molecule has 0 saturated carbocycles. The maximum atomic E-state index is 12.8. The van der Waals surface area contributed by atoms with E-state index in [1.165, 1.54) is 39.9 Å². The Bertz CT molecular complexity index is 1240. The third kappa shape index (κ3) is 5.14. The Balaban J connectivity index is 1.92. The molecule has 0 fully saturated rings. The summed E-state index contributed by atoms with van der Waals surface area (Å²) < 4.78 is 29.9. The van der Waals surface area contributed by atoms with Crippen molar-refractivity contribution < 1.29 is 13.2 Å². The van der Waals surface area contributed by atoms with Gasteiger partial charge in [-0.15, -0.1) is 0 Å². The SMILES string of the molecule is CCCCN(C)S(=O)(=O)c1ccc(C(=O)N=c2sc3cc(C)ccc3n2CCC)cc1. The van der Waals surface area contributed by atoms with Gasteiger partial charge < -0.3 is 4.57 Å². The first-order chi connectivity index (χ1) is 14.8. The Morgan fingerprint density at radius 1 is 1.10 bits per heavy atom. The monoisotopic (exact) mass is 459 g/mol. The van der Waals surface area contributed by atoms with E-state index in [0.29, 0.717) is 16.9 Å². The van der Waals surface area contributed by atoms with Gasteiger partial charge in [0.25, 0.3) is 5.91 Å². The molecule has 0 radical (unpaired) electrons. The summed E-state index contributed by atoms with van der Waals surface area (Å²) in [5.74, 6) is -0.378. The van der Waals surface area contributed by atoms with Crippen LogP contribution in [0.3, 0.4) is 0 Å². The molecule has 3 rings (SSSR count). The Hall–Kier alpha value is -2.29. The zero-order chi connectivity index (χ0) is 22.6. The van der Waals surface area contributed by atoms with E-state index < -0.39 is 10.0 Å². The third-order valence-electron chi connectivity index (χ3n) is 5.12. The number of thiazole rings is 1. The van der Waals surface area contributed by atoms with Gasteiger partial charge in [0.15, 0.2) is 4.80 Å². The number of amides is 1. The second-order valence-electron chi connectivity index (χ2n) is 7.63. The maximum absolute atomic E-state index is 12.8. The summed E-state index contributed by atoms with van der Waals surface area (Å²) in [5, 5.41) is 0. The van der Waals surface area contributed by atoms with Crippen molar-refractivity contribution in [3.05, 3.63) is 58.4 Å². The number of aromatic nitrogens is 1. The lowest BCUT2D eigenvalue weighted by atomic mass is 10.2. The van der Waals surface area contributed by atoms with Gasteiger partial charge in [-0.05, 0) is 61.7 Å². The van der Waals surface area contributed by atoms with Crippen LogP contribution in [0.15, 0.2) is 52.4 Å². The maximum Gasteiger partial charge on any atom is 0.279 e. The first-order valence-corrected chi connectivity index (χ1v) is 12.8. The minimum absolute atomic E-state index is 0.182. The van der Waals surface area contributed by atoms with E-state index >= 15 is 0 Å². The van der Waals surface area contributed by atoms with Gasteiger partial charge in [0.05, 0.1) is 15.1 Å². The van der Waals surface area contributed by atoms with Gasteiger partial charge in [-0.3, -0.25) is 4.79 Å². The van der Waals surface area contributed by atoms with E-state index in [-0.39, 0.29) is 10.8 Å². The number of carbonyl (C=O) groups excluding carboxylic acids is 1. The van der Waals surface area contributed by atoms with Crippen molar-refractivity contribution in [2.75, 3.05) is 13.6 Å². The van der Waals surface area contributed by atoms with Gasteiger partial charge in [0, 0.05) is 25.7 Å². The van der Waals surface area contributed by atoms with Crippen LogP contribution in [0, 0.1) is 6.92 Å². The van der Waals surface area contributed by atoms with Crippen LogP contribution in [0.2, 0.25) is 0 Å². The van der Waals surface area contributed by atoms with Crippen molar-refractivity contribution in [2.45, 2.75) is 51.5 Å². The van der Waals surface area contributed by atoms with E-state index in [1.54, 1.807) is 7.05 Å². The Morgan fingerprint density at radius 2 is 1.81 bits per heavy atom. The highest BCUT2D eigenvalue weighted by molar-refractivity contribution is 7.89. The minimum Gasteiger partial charge on any atom is -0.316 e. The standard InChI is InChI=1S/C23H29N3O3S2/c1-5-7-15-25(4)31(28,29)19-11-9-18(10-12-19)22(27)24-23-26(14-6-2)20-13-8-17(3)16-21(20)30-23/h8-13,16H,5-7,14-15H2,1-4H3. The largest absolute Gasteiger partial charge is 0.316 e. The summed E-state index contributed by atoms with van der Waals surface area (Å²) in [7, 11) is -1.98. The minimum atomic E-state index is -3.56. The molecule has 0 saturated heterocycles. The quantitative estimate of drug-likeness (QED) is 0.495. The van der Waals surface area contributed by atoms with E-state index in [2.05, 4.69) is 34.7 Å². The van der Waals surface area contributed by atoms with Crippen LogP contribution in [-0.2, 0) is 16.6 Å². The lowest BCUT2D eigenvalue weighted by Crippen LogP contribution is -2.27. The van der Waals surface area contributed by atoms with Crippen LogP contribution in [0.4, 0.5) is 0 Å². The molecule has 166 valence electrons. The lowest BCUT2D eigenvalue weighted by molar-refractivity contribution is 0.0997. The molecule has 0 aliphatic carbocycles. The predicted octanol–water partition coefficient (Wildman–Crippen LogP) is 4.58. The third-order valence-corrected chi connectivity index (χ3v) is 8.03. The lowest BCUT2D eigenvalue weighted by Gasteiger charge is -2.16. The van der Waals surface area contributed by atoms with Crippen LogP contribution in [0.25, 0.3) is 10.2 Å². The Labute approximate surface area is 187 Å². The van der Waals surface area contributed by atoms with Crippen LogP contribution < -0.4 is 4.80 Å². The van der Waals surface area contributed by atoms with Gasteiger partial charge in [-0.2, -0.15) is 4.99 Å². The number of aryl methyl sites for hydroxylation is 2. The number of fused-ring (bicyclic) bond motifs is 1. The molecule has 0 unspecified atom stereocenters. The number of nitrogens with zero attached hydrogens (tertiary/aromatic N) is 3. The molecule has 0 bridgehead atoms. The molecule has 0 N–H and O–H groups in total. The first kappa shape index (κ1) is 23.4. The molecule has 2 aromatic carbocycles. The van der Waals surface area contributed by atoms with Crippen molar-refractivity contribution in [2.24, 2.45) is 4.99 Å². The van der Waals surface area contributed by atoms with Crippen molar-refractivity contribution in [3.8, 4) is 0 Å². The molecule has 31 heavy (non-hydrogen) atoms. The van der Waals surface area contributed by atoms with Crippen molar-refractivity contribution in [1.29, 1.82) is 0 Å². The Kier molecular flexibility index (Phi) is 7.46. The van der Waals surface area contributed by atoms with Gasteiger partial charge >= 0.3 is 0 Å². The van der Waals surface area contributed by atoms with E-state index in [1.807, 2.05) is 13.8 Å². The molecule has 1 amide bonds. The number of hydrogen-bond acceptors (Lipinski definition) is 4. The van der Waals surface area contributed by atoms with Crippen LogP contribution >= 0.6 is 11.3 Å².